The van der Waals surface area contributed by atoms with E-state index in [0.29, 0.717) is 22.1 Å². The van der Waals surface area contributed by atoms with Gasteiger partial charge < -0.3 is 0 Å². The monoisotopic (exact) mass is 390 g/mol. The topological polar surface area (TPSA) is 76.4 Å². The van der Waals surface area contributed by atoms with Crippen LogP contribution in [-0.2, 0) is 16.4 Å². The summed E-state index contributed by atoms with van der Waals surface area (Å²) < 4.78 is 29.3. The van der Waals surface area contributed by atoms with Gasteiger partial charge in [0.05, 0.1) is 16.4 Å². The second-order valence-electron chi connectivity index (χ2n) is 4.78. The number of nitrogens with zero attached hydrogens (tertiary/aromatic N) is 3. The number of fused-ring (bicyclic) bond motifs is 1. The second-order valence-corrected chi connectivity index (χ2v) is 8.26. The molecule has 0 amide bonds. The molecule has 1 aromatic carbocycles. The third-order valence-electron chi connectivity index (χ3n) is 3.10. The molecule has 3 aromatic rings. The first-order chi connectivity index (χ1) is 10.8. The third-order valence-corrected chi connectivity index (χ3v) is 6.17. The minimum Gasteiger partial charge on any atom is -0.277 e. The molecule has 6 nitrogen and oxygen atoms in total. The molecule has 0 aliphatic carbocycles. The highest BCUT2D eigenvalue weighted by molar-refractivity contribution is 7.92. The molecule has 10 heteroatoms. The summed E-state index contributed by atoms with van der Waals surface area (Å²) in [6, 6.07) is 4.54. The molecule has 0 radical (unpaired) electrons. The molecular weight excluding hydrogens is 379 g/mol. The van der Waals surface area contributed by atoms with Gasteiger partial charge in [-0.1, -0.05) is 41.5 Å². The lowest BCUT2D eigenvalue weighted by atomic mass is 10.3. The lowest BCUT2D eigenvalue weighted by Crippen LogP contribution is -2.17. The normalized spacial score (nSPS) is 12.0. The first-order valence-corrected chi connectivity index (χ1v) is 9.70. The maximum Gasteiger partial charge on any atom is 0.281 e. The van der Waals surface area contributed by atoms with Crippen molar-refractivity contribution >= 4 is 55.2 Å². The molecule has 0 unspecified atom stereocenters. The second kappa shape index (κ2) is 5.94. The van der Waals surface area contributed by atoms with Crippen LogP contribution in [0.1, 0.15) is 17.6 Å². The van der Waals surface area contributed by atoms with Gasteiger partial charge in [-0.3, -0.25) is 4.72 Å². The van der Waals surface area contributed by atoms with Gasteiger partial charge in [-0.15, -0.1) is 0 Å². The van der Waals surface area contributed by atoms with Crippen LogP contribution in [0.4, 0.5) is 5.69 Å². The van der Waals surface area contributed by atoms with Gasteiger partial charge in [0.2, 0.25) is 9.99 Å². The van der Waals surface area contributed by atoms with Crippen LogP contribution in [0.3, 0.4) is 0 Å². The van der Waals surface area contributed by atoms with E-state index in [9.17, 15) is 8.42 Å². The average molecular weight is 391 g/mol. The fourth-order valence-electron chi connectivity index (χ4n) is 2.09. The quantitative estimate of drug-likeness (QED) is 0.735. The molecule has 2 heterocycles. The summed E-state index contributed by atoms with van der Waals surface area (Å²) in [4.78, 5) is 4.82. The van der Waals surface area contributed by atoms with Crippen molar-refractivity contribution in [1.29, 1.82) is 0 Å². The van der Waals surface area contributed by atoms with E-state index >= 15 is 0 Å². The first kappa shape index (κ1) is 16.5. The Hall–Kier alpha value is -1.35. The number of hydrogen-bond donors (Lipinski definition) is 1. The SMILES string of the molecule is CCc1nn2c(S(=O)(=O)Nc3ccc(Cl)cc3Cl)c(C)nc2s1. The van der Waals surface area contributed by atoms with Gasteiger partial charge in [0.25, 0.3) is 10.0 Å². The molecule has 0 spiro atoms. The van der Waals surface area contributed by atoms with Gasteiger partial charge in [-0.25, -0.2) is 4.98 Å². The van der Waals surface area contributed by atoms with E-state index in [1.54, 1.807) is 13.0 Å². The van der Waals surface area contributed by atoms with Crippen LogP contribution in [0.2, 0.25) is 10.0 Å². The number of hydrogen-bond acceptors (Lipinski definition) is 5. The molecule has 2 aromatic heterocycles. The minimum absolute atomic E-state index is 0.00877. The van der Waals surface area contributed by atoms with E-state index in [1.807, 2.05) is 6.92 Å². The summed E-state index contributed by atoms with van der Waals surface area (Å²) in [5.41, 5.74) is 0.625. The number of aromatic nitrogens is 3. The molecule has 0 aliphatic rings. The number of anilines is 1. The van der Waals surface area contributed by atoms with Gasteiger partial charge in [0.15, 0.2) is 0 Å². The van der Waals surface area contributed by atoms with Crippen LogP contribution in [-0.4, -0.2) is 23.0 Å². The number of halogens is 2. The highest BCUT2D eigenvalue weighted by Crippen LogP contribution is 2.29. The zero-order valence-electron chi connectivity index (χ0n) is 12.2. The van der Waals surface area contributed by atoms with Crippen LogP contribution >= 0.6 is 34.5 Å². The Labute approximate surface area is 147 Å². The van der Waals surface area contributed by atoms with Crippen LogP contribution < -0.4 is 4.72 Å². The summed E-state index contributed by atoms with van der Waals surface area (Å²) in [7, 11) is -3.89. The molecule has 3 rings (SSSR count). The standard InChI is InChI=1S/C13H12Cl2N4O2S2/c1-3-11-17-19-12(7(2)16-13(19)22-11)23(20,21)18-10-5-4-8(14)6-9(10)15/h4-6,18H,3H2,1-2H3. The van der Waals surface area contributed by atoms with Gasteiger partial charge in [-0.05, 0) is 31.5 Å². The molecule has 0 saturated carbocycles. The fourth-order valence-corrected chi connectivity index (χ4v) is 4.89. The predicted octanol–water partition coefficient (Wildman–Crippen LogP) is 3.77. The molecule has 0 fully saturated rings. The van der Waals surface area contributed by atoms with E-state index in [4.69, 9.17) is 23.2 Å². The predicted molar refractivity (Wildman–Crippen MR) is 92.2 cm³/mol. The van der Waals surface area contributed by atoms with Gasteiger partial charge in [-0.2, -0.15) is 18.0 Å². The molecule has 0 aliphatic heterocycles. The Morgan fingerprint density at radius 2 is 2.09 bits per heavy atom. The molecule has 0 saturated heterocycles. The van der Waals surface area contributed by atoms with Crippen molar-refractivity contribution in [2.75, 3.05) is 4.72 Å². The van der Waals surface area contributed by atoms with E-state index in [1.165, 1.54) is 28.0 Å². The lowest BCUT2D eigenvalue weighted by Gasteiger charge is -2.09. The van der Waals surface area contributed by atoms with Gasteiger partial charge >= 0.3 is 0 Å². The van der Waals surface area contributed by atoms with Crippen LogP contribution in [0.5, 0.6) is 0 Å². The Morgan fingerprint density at radius 3 is 2.74 bits per heavy atom. The van der Waals surface area contributed by atoms with Crippen LogP contribution in [0.25, 0.3) is 4.96 Å². The van der Waals surface area contributed by atoms with Gasteiger partial charge in [0, 0.05) is 5.02 Å². The van der Waals surface area contributed by atoms with E-state index < -0.39 is 10.0 Å². The van der Waals surface area contributed by atoms with Crippen molar-refractivity contribution in [2.45, 2.75) is 25.3 Å². The van der Waals surface area contributed by atoms with Crippen molar-refractivity contribution < 1.29 is 8.42 Å². The average Bonchev–Trinajstić information content (AvgIpc) is 2.97. The maximum atomic E-state index is 12.7. The Balaban J connectivity index is 2.08. The Kier molecular flexibility index (Phi) is 4.26. The number of sulfonamides is 1. The Bertz CT molecular complexity index is 995. The summed E-state index contributed by atoms with van der Waals surface area (Å²) >= 11 is 13.2. The molecule has 122 valence electrons. The molecular formula is C13H12Cl2N4O2S2. The number of nitrogens with one attached hydrogen (secondary N) is 1. The molecule has 0 bridgehead atoms. The first-order valence-electron chi connectivity index (χ1n) is 6.64. The van der Waals surface area contributed by atoms with Crippen molar-refractivity contribution in [3.8, 4) is 0 Å². The fraction of sp³-hybridized carbons (Fsp3) is 0.231. The van der Waals surface area contributed by atoms with Crippen molar-refractivity contribution in [2.24, 2.45) is 0 Å². The summed E-state index contributed by atoms with van der Waals surface area (Å²) in [6.07, 6.45) is 0.711. The summed E-state index contributed by atoms with van der Waals surface area (Å²) in [5.74, 6) is 0. The van der Waals surface area contributed by atoms with E-state index in [-0.39, 0.29) is 15.7 Å². The zero-order chi connectivity index (χ0) is 16.8. The molecule has 0 atom stereocenters. The zero-order valence-corrected chi connectivity index (χ0v) is 15.3. The van der Waals surface area contributed by atoms with Crippen molar-refractivity contribution in [3.63, 3.8) is 0 Å². The largest absolute Gasteiger partial charge is 0.281 e. The Morgan fingerprint density at radius 1 is 1.35 bits per heavy atom. The van der Waals surface area contributed by atoms with E-state index in [2.05, 4.69) is 14.8 Å². The van der Waals surface area contributed by atoms with E-state index in [0.717, 1.165) is 5.01 Å². The minimum atomic E-state index is -3.89. The lowest BCUT2D eigenvalue weighted by molar-refractivity contribution is 0.592. The van der Waals surface area contributed by atoms with Crippen LogP contribution in [0.15, 0.2) is 23.2 Å². The maximum absolute atomic E-state index is 12.7. The van der Waals surface area contributed by atoms with Crippen molar-refractivity contribution in [1.82, 2.24) is 14.6 Å². The molecule has 23 heavy (non-hydrogen) atoms. The van der Waals surface area contributed by atoms with Gasteiger partial charge in [0.1, 0.15) is 5.01 Å². The van der Waals surface area contributed by atoms with Crippen molar-refractivity contribution in [3.05, 3.63) is 38.9 Å². The summed E-state index contributed by atoms with van der Waals surface area (Å²) in [6.45, 7) is 3.58. The highest BCUT2D eigenvalue weighted by atomic mass is 35.5. The summed E-state index contributed by atoms with van der Waals surface area (Å²) in [5, 5.41) is 5.76. The number of benzene rings is 1. The third kappa shape index (κ3) is 3.03. The smallest absolute Gasteiger partial charge is 0.277 e. The van der Waals surface area contributed by atoms with Crippen LogP contribution in [0, 0.1) is 6.92 Å². The number of imidazole rings is 1. The number of aryl methyl sites for hydroxylation is 2. The highest BCUT2D eigenvalue weighted by Gasteiger charge is 2.26. The molecule has 1 N–H and O–H groups in total. The number of rotatable bonds is 4.